The van der Waals surface area contributed by atoms with Crippen LogP contribution in [-0.2, 0) is 42.9 Å². The minimum atomic E-state index is -0.929. The lowest BCUT2D eigenvalue weighted by Crippen LogP contribution is -2.49. The fraction of sp³-hybridized carbons (Fsp3) is 0.744. The van der Waals surface area contributed by atoms with Crippen molar-refractivity contribution in [2.75, 3.05) is 171 Å². The van der Waals surface area contributed by atoms with Gasteiger partial charge in [-0.2, -0.15) is 0 Å². The van der Waals surface area contributed by atoms with Gasteiger partial charge in [0, 0.05) is 72.0 Å². The topological polar surface area (TPSA) is 195 Å². The molecule has 0 bridgehead atoms. The van der Waals surface area contributed by atoms with E-state index in [0.717, 1.165) is 5.56 Å². The number of nitrogens with zero attached hydrogens (tertiary/aromatic N) is 5. The molecule has 0 radical (unpaired) electrons. The van der Waals surface area contributed by atoms with Gasteiger partial charge in [-0.15, -0.1) is 0 Å². The SMILES string of the molecule is CC(NC(=O)CN1CCN(CC(=O)O)CCN(CCCNC(=O)CN2CCOCCOCCOCCOCCOCC2)CCN(CC(=O)O)CC1)c1ccccc1. The number of carboxylic acid groups (broad SMARTS) is 2. The molecule has 0 spiro atoms. The van der Waals surface area contributed by atoms with E-state index in [9.17, 15) is 29.4 Å². The molecule has 0 saturated carbocycles. The summed E-state index contributed by atoms with van der Waals surface area (Å²) in [6.45, 7) is 12.7. The highest BCUT2D eigenvalue weighted by Crippen LogP contribution is 2.11. The van der Waals surface area contributed by atoms with Gasteiger partial charge in [0.05, 0.1) is 98.3 Å². The van der Waals surface area contributed by atoms with E-state index in [2.05, 4.69) is 15.5 Å². The Morgan fingerprint density at radius 3 is 1.39 bits per heavy atom. The first kappa shape index (κ1) is 48.1. The molecule has 57 heavy (non-hydrogen) atoms. The molecule has 2 fully saturated rings. The van der Waals surface area contributed by atoms with Crippen LogP contribution in [0.15, 0.2) is 30.3 Å². The van der Waals surface area contributed by atoms with Gasteiger partial charge in [-0.3, -0.25) is 38.8 Å². The average molecular weight is 810 g/mol. The second-order valence-electron chi connectivity index (χ2n) is 14.2. The largest absolute Gasteiger partial charge is 0.480 e. The Balaban J connectivity index is 1.50. The van der Waals surface area contributed by atoms with Gasteiger partial charge in [0.25, 0.3) is 0 Å². The lowest BCUT2D eigenvalue weighted by molar-refractivity contribution is -0.139. The van der Waals surface area contributed by atoms with Crippen LogP contribution in [0.4, 0.5) is 0 Å². The second-order valence-corrected chi connectivity index (χ2v) is 14.2. The molecule has 0 aliphatic carbocycles. The first-order valence-corrected chi connectivity index (χ1v) is 20.2. The van der Waals surface area contributed by atoms with Gasteiger partial charge in [-0.25, -0.2) is 0 Å². The summed E-state index contributed by atoms with van der Waals surface area (Å²) in [6.07, 6.45) is 0.658. The van der Waals surface area contributed by atoms with Crippen molar-refractivity contribution in [3.63, 3.8) is 0 Å². The Bertz CT molecular complexity index is 1220. The van der Waals surface area contributed by atoms with Crippen molar-refractivity contribution in [2.45, 2.75) is 19.4 Å². The normalized spacial score (nSPS) is 20.5. The van der Waals surface area contributed by atoms with E-state index in [1.54, 1.807) is 0 Å². The molecule has 1 atom stereocenters. The molecule has 2 aliphatic heterocycles. The monoisotopic (exact) mass is 809 g/mol. The van der Waals surface area contributed by atoms with Crippen LogP contribution in [0, 0.1) is 0 Å². The van der Waals surface area contributed by atoms with Crippen LogP contribution < -0.4 is 10.6 Å². The van der Waals surface area contributed by atoms with E-state index in [-0.39, 0.29) is 44.0 Å². The lowest BCUT2D eigenvalue weighted by Gasteiger charge is -2.33. The summed E-state index contributed by atoms with van der Waals surface area (Å²) in [7, 11) is 0. The highest BCUT2D eigenvalue weighted by atomic mass is 16.6. The number of carbonyl (C=O) groups excluding carboxylic acids is 2. The third-order valence-electron chi connectivity index (χ3n) is 9.62. The summed E-state index contributed by atoms with van der Waals surface area (Å²) >= 11 is 0. The quantitative estimate of drug-likeness (QED) is 0.170. The molecule has 2 aliphatic rings. The van der Waals surface area contributed by atoms with E-state index >= 15 is 0 Å². The standard InChI is InChI=1S/C39H67N7O11/c1-34(35-6-3-2-4-7-35)41-37(48)31-43-14-16-44(32-38(49)50)12-10-42(11-13-45(17-15-43)33-39(51)52)9-5-8-40-36(47)30-46-18-20-53-22-24-55-26-28-57-29-27-56-25-23-54-21-19-46/h2-4,6-7,34H,5,8-33H2,1H3,(H,40,47)(H,41,48)(H,49,50)(H,51,52). The molecule has 18 heteroatoms. The number of ether oxygens (including phenoxy) is 5. The third-order valence-corrected chi connectivity index (χ3v) is 9.62. The molecular formula is C39H67N7O11. The average Bonchev–Trinajstić information content (AvgIpc) is 3.17. The van der Waals surface area contributed by atoms with Crippen LogP contribution in [0.3, 0.4) is 0 Å². The van der Waals surface area contributed by atoms with Crippen molar-refractivity contribution in [1.82, 2.24) is 35.1 Å². The zero-order valence-electron chi connectivity index (χ0n) is 33.9. The van der Waals surface area contributed by atoms with Gasteiger partial charge in [0.15, 0.2) is 0 Å². The van der Waals surface area contributed by atoms with Crippen LogP contribution in [0.5, 0.6) is 0 Å². The number of carboxylic acids is 2. The number of aliphatic carboxylic acids is 2. The van der Waals surface area contributed by atoms with Gasteiger partial charge >= 0.3 is 11.9 Å². The van der Waals surface area contributed by atoms with E-state index in [0.29, 0.717) is 151 Å². The van der Waals surface area contributed by atoms with Crippen molar-refractivity contribution in [3.8, 4) is 0 Å². The van der Waals surface area contributed by atoms with E-state index in [1.807, 2.05) is 56.9 Å². The van der Waals surface area contributed by atoms with Crippen molar-refractivity contribution >= 4 is 23.8 Å². The molecule has 3 rings (SSSR count). The summed E-state index contributed by atoms with van der Waals surface area (Å²) in [5, 5.41) is 25.4. The zero-order valence-corrected chi connectivity index (χ0v) is 33.9. The minimum absolute atomic E-state index is 0.106. The molecule has 18 nitrogen and oxygen atoms in total. The lowest BCUT2D eigenvalue weighted by atomic mass is 10.1. The fourth-order valence-corrected chi connectivity index (χ4v) is 6.40. The Labute approximate surface area is 337 Å². The molecule has 1 unspecified atom stereocenters. The number of benzene rings is 1. The van der Waals surface area contributed by atoms with Crippen molar-refractivity contribution in [1.29, 1.82) is 0 Å². The van der Waals surface area contributed by atoms with Gasteiger partial charge in [0.1, 0.15) is 0 Å². The molecule has 1 aromatic rings. The minimum Gasteiger partial charge on any atom is -0.480 e. The maximum absolute atomic E-state index is 13.1. The predicted molar refractivity (Wildman–Crippen MR) is 212 cm³/mol. The maximum atomic E-state index is 13.1. The Morgan fingerprint density at radius 2 is 0.930 bits per heavy atom. The molecular weight excluding hydrogens is 742 g/mol. The highest BCUT2D eigenvalue weighted by molar-refractivity contribution is 5.78. The molecule has 324 valence electrons. The van der Waals surface area contributed by atoms with Crippen molar-refractivity contribution in [3.05, 3.63) is 35.9 Å². The summed E-state index contributed by atoms with van der Waals surface area (Å²) in [6, 6.07) is 9.50. The Kier molecular flexibility index (Phi) is 25.2. The van der Waals surface area contributed by atoms with E-state index < -0.39 is 11.9 Å². The van der Waals surface area contributed by atoms with Crippen molar-refractivity contribution < 1.29 is 53.1 Å². The summed E-state index contributed by atoms with van der Waals surface area (Å²) < 4.78 is 27.9. The number of hydrogen-bond donors (Lipinski definition) is 4. The Morgan fingerprint density at radius 1 is 0.544 bits per heavy atom. The van der Waals surface area contributed by atoms with Crippen LogP contribution in [0.1, 0.15) is 24.9 Å². The maximum Gasteiger partial charge on any atom is 0.317 e. The highest BCUT2D eigenvalue weighted by Gasteiger charge is 2.21. The first-order chi connectivity index (χ1) is 27.7. The number of hydrogen-bond acceptors (Lipinski definition) is 14. The number of nitrogens with one attached hydrogen (secondary N) is 2. The predicted octanol–water partition coefficient (Wildman–Crippen LogP) is -0.841. The summed E-state index contributed by atoms with van der Waals surface area (Å²) in [5.41, 5.74) is 0.990. The number of carbonyl (C=O) groups is 4. The summed E-state index contributed by atoms with van der Waals surface area (Å²) in [4.78, 5) is 59.6. The summed E-state index contributed by atoms with van der Waals surface area (Å²) in [5.74, 6) is -2.12. The molecule has 0 aromatic heterocycles. The number of rotatable bonds is 14. The van der Waals surface area contributed by atoms with Crippen LogP contribution in [0.25, 0.3) is 0 Å². The van der Waals surface area contributed by atoms with E-state index in [4.69, 9.17) is 23.7 Å². The molecule has 2 heterocycles. The number of amides is 2. The third kappa shape index (κ3) is 23.6. The first-order valence-electron chi connectivity index (χ1n) is 20.2. The van der Waals surface area contributed by atoms with Crippen molar-refractivity contribution in [2.24, 2.45) is 0 Å². The Hall–Kier alpha value is -3.30. The van der Waals surface area contributed by atoms with Gasteiger partial charge in [-0.05, 0) is 25.5 Å². The van der Waals surface area contributed by atoms with Crippen LogP contribution in [-0.4, -0.2) is 229 Å². The van der Waals surface area contributed by atoms with E-state index in [1.165, 1.54) is 0 Å². The van der Waals surface area contributed by atoms with Crippen LogP contribution >= 0.6 is 0 Å². The smallest absolute Gasteiger partial charge is 0.317 e. The van der Waals surface area contributed by atoms with Crippen LogP contribution in [0.2, 0.25) is 0 Å². The second kappa shape index (κ2) is 29.8. The molecule has 2 saturated heterocycles. The zero-order chi connectivity index (χ0) is 40.9. The molecule has 2 amide bonds. The fourth-order valence-electron chi connectivity index (χ4n) is 6.40. The van der Waals surface area contributed by atoms with Gasteiger partial charge in [-0.1, -0.05) is 30.3 Å². The van der Waals surface area contributed by atoms with Gasteiger partial charge in [0.2, 0.25) is 11.8 Å². The molecule has 4 N–H and O–H groups in total. The van der Waals surface area contributed by atoms with Gasteiger partial charge < -0.3 is 49.4 Å². The molecule has 1 aromatic carbocycles.